The van der Waals surface area contributed by atoms with Crippen LogP contribution in [-0.4, -0.2) is 74.6 Å². The summed E-state index contributed by atoms with van der Waals surface area (Å²) in [6.07, 6.45) is 0.339. The molecule has 1 N–H and O–H groups in total. The van der Waals surface area contributed by atoms with Crippen LogP contribution >= 0.6 is 15.9 Å². The van der Waals surface area contributed by atoms with E-state index < -0.39 is 0 Å². The molecule has 1 heterocycles. The molecule has 0 unspecified atom stereocenters. The molecule has 1 fully saturated rings. The van der Waals surface area contributed by atoms with Crippen LogP contribution in [0.25, 0.3) is 0 Å². The molecule has 0 aliphatic carbocycles. The molecule has 132 valence electrons. The highest BCUT2D eigenvalue weighted by atomic mass is 79.9. The van der Waals surface area contributed by atoms with Crippen molar-refractivity contribution in [3.8, 4) is 0 Å². The number of carbonyl (C=O) groups is 2. The first-order valence-corrected chi connectivity index (χ1v) is 8.93. The number of nitrogens with one attached hydrogen (secondary N) is 1. The summed E-state index contributed by atoms with van der Waals surface area (Å²) < 4.78 is 6.02. The third-order valence-corrected chi connectivity index (χ3v) is 4.54. The van der Waals surface area contributed by atoms with Gasteiger partial charge in [-0.05, 0) is 24.3 Å². The number of rotatable bonds is 7. The molecule has 0 aromatic heterocycles. The summed E-state index contributed by atoms with van der Waals surface area (Å²) in [5.41, 5.74) is 0.615. The lowest BCUT2D eigenvalue weighted by atomic mass is 10.2. The number of benzene rings is 1. The van der Waals surface area contributed by atoms with E-state index in [0.717, 1.165) is 30.7 Å². The van der Waals surface area contributed by atoms with E-state index in [0.29, 0.717) is 31.7 Å². The van der Waals surface area contributed by atoms with Gasteiger partial charge in [0.15, 0.2) is 0 Å². The van der Waals surface area contributed by atoms with Gasteiger partial charge in [-0.15, -0.1) is 0 Å². The third-order valence-electron chi connectivity index (χ3n) is 4.01. The van der Waals surface area contributed by atoms with Crippen molar-refractivity contribution in [1.29, 1.82) is 0 Å². The van der Waals surface area contributed by atoms with E-state index in [2.05, 4.69) is 21.2 Å². The highest BCUT2D eigenvalue weighted by Gasteiger charge is 2.20. The lowest BCUT2D eigenvalue weighted by Crippen LogP contribution is -2.47. The van der Waals surface area contributed by atoms with Gasteiger partial charge in [0.1, 0.15) is 0 Å². The van der Waals surface area contributed by atoms with Gasteiger partial charge >= 0.3 is 0 Å². The zero-order valence-corrected chi connectivity index (χ0v) is 15.5. The fourth-order valence-electron chi connectivity index (χ4n) is 2.59. The Balaban J connectivity index is 1.95. The molecule has 6 nitrogen and oxygen atoms in total. The second kappa shape index (κ2) is 9.76. The molecular weight excluding hydrogens is 374 g/mol. The van der Waals surface area contributed by atoms with Crippen molar-refractivity contribution in [2.24, 2.45) is 0 Å². The van der Waals surface area contributed by atoms with Gasteiger partial charge in [-0.25, -0.2) is 0 Å². The van der Waals surface area contributed by atoms with Crippen LogP contribution in [0, 0.1) is 0 Å². The molecule has 0 atom stereocenters. The van der Waals surface area contributed by atoms with Crippen LogP contribution in [0.5, 0.6) is 0 Å². The predicted octanol–water partition coefficient (Wildman–Crippen LogP) is 1.36. The summed E-state index contributed by atoms with van der Waals surface area (Å²) in [5, 5.41) is 3.23. The Morgan fingerprint density at radius 2 is 1.88 bits per heavy atom. The second-order valence-electron chi connectivity index (χ2n) is 5.67. The fraction of sp³-hybridized carbons (Fsp3) is 0.529. The van der Waals surface area contributed by atoms with E-state index in [1.54, 1.807) is 24.1 Å². The van der Waals surface area contributed by atoms with Crippen LogP contribution < -0.4 is 5.32 Å². The largest absolute Gasteiger partial charge is 0.383 e. The van der Waals surface area contributed by atoms with E-state index in [4.69, 9.17) is 4.74 Å². The molecule has 1 aliphatic rings. The molecule has 24 heavy (non-hydrogen) atoms. The SMILES string of the molecule is COCCN(CCC(=O)N1CCNCC1)C(=O)c1ccc(Br)cc1. The molecule has 0 saturated carbocycles. The Hall–Kier alpha value is -1.44. The maximum absolute atomic E-state index is 12.7. The third kappa shape index (κ3) is 5.58. The molecule has 1 aromatic rings. The number of ether oxygens (including phenoxy) is 1. The van der Waals surface area contributed by atoms with Crippen LogP contribution in [0.3, 0.4) is 0 Å². The minimum absolute atomic E-state index is 0.0762. The smallest absolute Gasteiger partial charge is 0.253 e. The number of piperazine rings is 1. The number of carbonyl (C=O) groups excluding carboxylic acids is 2. The first-order chi connectivity index (χ1) is 11.6. The summed E-state index contributed by atoms with van der Waals surface area (Å²) in [7, 11) is 1.61. The highest BCUT2D eigenvalue weighted by molar-refractivity contribution is 9.10. The lowest BCUT2D eigenvalue weighted by Gasteiger charge is -2.29. The molecule has 1 aromatic carbocycles. The topological polar surface area (TPSA) is 61.9 Å². The number of hydrogen-bond acceptors (Lipinski definition) is 4. The van der Waals surface area contributed by atoms with Gasteiger partial charge < -0.3 is 19.9 Å². The number of amides is 2. The van der Waals surface area contributed by atoms with Gasteiger partial charge in [0, 0.05) is 62.8 Å². The maximum atomic E-state index is 12.7. The van der Waals surface area contributed by atoms with Crippen LogP contribution in [0.4, 0.5) is 0 Å². The Labute approximate surface area is 151 Å². The van der Waals surface area contributed by atoms with Crippen LogP contribution in [-0.2, 0) is 9.53 Å². The van der Waals surface area contributed by atoms with Crippen molar-refractivity contribution in [2.75, 3.05) is 53.0 Å². The van der Waals surface area contributed by atoms with Crippen molar-refractivity contribution in [3.05, 3.63) is 34.3 Å². The zero-order chi connectivity index (χ0) is 17.4. The molecule has 1 saturated heterocycles. The van der Waals surface area contributed by atoms with Crippen LogP contribution in [0.1, 0.15) is 16.8 Å². The summed E-state index contributed by atoms with van der Waals surface area (Å²) in [5.74, 6) is 0.0233. The average molecular weight is 398 g/mol. The van der Waals surface area contributed by atoms with Gasteiger partial charge in [-0.3, -0.25) is 9.59 Å². The van der Waals surface area contributed by atoms with Gasteiger partial charge in [0.05, 0.1) is 6.61 Å². The van der Waals surface area contributed by atoms with Gasteiger partial charge in [0.25, 0.3) is 5.91 Å². The second-order valence-corrected chi connectivity index (χ2v) is 6.59. The predicted molar refractivity (Wildman–Crippen MR) is 96.0 cm³/mol. The number of hydrogen-bond donors (Lipinski definition) is 1. The average Bonchev–Trinajstić information content (AvgIpc) is 2.62. The Morgan fingerprint density at radius 1 is 1.21 bits per heavy atom. The Bertz CT molecular complexity index is 545. The maximum Gasteiger partial charge on any atom is 0.253 e. The van der Waals surface area contributed by atoms with Crippen LogP contribution in [0.2, 0.25) is 0 Å². The molecule has 1 aliphatic heterocycles. The van der Waals surface area contributed by atoms with E-state index in [-0.39, 0.29) is 11.8 Å². The number of halogens is 1. The summed E-state index contributed by atoms with van der Waals surface area (Å²) in [6, 6.07) is 7.25. The summed E-state index contributed by atoms with van der Waals surface area (Å²) in [6.45, 7) is 4.45. The lowest BCUT2D eigenvalue weighted by molar-refractivity contribution is -0.132. The van der Waals surface area contributed by atoms with Crippen molar-refractivity contribution in [2.45, 2.75) is 6.42 Å². The monoisotopic (exact) mass is 397 g/mol. The molecular formula is C17H24BrN3O3. The Kier molecular flexibility index (Phi) is 7.68. The minimum atomic E-state index is -0.0762. The van der Waals surface area contributed by atoms with E-state index in [1.165, 1.54) is 0 Å². The first kappa shape index (κ1) is 18.9. The van der Waals surface area contributed by atoms with E-state index in [9.17, 15) is 9.59 Å². The number of methoxy groups -OCH3 is 1. The van der Waals surface area contributed by atoms with Crippen LogP contribution in [0.15, 0.2) is 28.7 Å². The number of nitrogens with zero attached hydrogens (tertiary/aromatic N) is 2. The molecule has 0 radical (unpaired) electrons. The molecule has 0 bridgehead atoms. The first-order valence-electron chi connectivity index (χ1n) is 8.14. The zero-order valence-electron chi connectivity index (χ0n) is 14.0. The van der Waals surface area contributed by atoms with Crippen molar-refractivity contribution in [1.82, 2.24) is 15.1 Å². The van der Waals surface area contributed by atoms with Crippen molar-refractivity contribution < 1.29 is 14.3 Å². The molecule has 7 heteroatoms. The summed E-state index contributed by atoms with van der Waals surface area (Å²) >= 11 is 3.37. The molecule has 0 spiro atoms. The van der Waals surface area contributed by atoms with E-state index >= 15 is 0 Å². The Morgan fingerprint density at radius 3 is 2.50 bits per heavy atom. The fourth-order valence-corrected chi connectivity index (χ4v) is 2.86. The van der Waals surface area contributed by atoms with Gasteiger partial charge in [0.2, 0.25) is 5.91 Å². The van der Waals surface area contributed by atoms with Gasteiger partial charge in [-0.2, -0.15) is 0 Å². The highest BCUT2D eigenvalue weighted by Crippen LogP contribution is 2.13. The quantitative estimate of drug-likeness (QED) is 0.754. The normalized spacial score (nSPS) is 14.5. The van der Waals surface area contributed by atoms with Gasteiger partial charge in [-0.1, -0.05) is 15.9 Å². The molecule has 2 amide bonds. The standard InChI is InChI=1S/C17H24BrN3O3/c1-24-13-12-21(17(23)14-2-4-15(18)5-3-14)9-6-16(22)20-10-7-19-8-11-20/h2-5,19H,6-13H2,1H3. The van der Waals surface area contributed by atoms with E-state index in [1.807, 2.05) is 17.0 Å². The van der Waals surface area contributed by atoms with Crippen molar-refractivity contribution in [3.63, 3.8) is 0 Å². The van der Waals surface area contributed by atoms with Crippen molar-refractivity contribution >= 4 is 27.7 Å². The minimum Gasteiger partial charge on any atom is -0.383 e. The summed E-state index contributed by atoms with van der Waals surface area (Å²) in [4.78, 5) is 28.5. The molecule has 2 rings (SSSR count).